The quantitative estimate of drug-likeness (QED) is 0.739. The third-order valence-corrected chi connectivity index (χ3v) is 4.91. The van der Waals surface area contributed by atoms with Gasteiger partial charge in [-0.25, -0.2) is 0 Å². The van der Waals surface area contributed by atoms with Crippen LogP contribution in [-0.4, -0.2) is 5.78 Å². The largest absolute Gasteiger partial charge is 0.294 e. The molecule has 0 radical (unpaired) electrons. The summed E-state index contributed by atoms with van der Waals surface area (Å²) in [5.74, 6) is 0.194. The minimum absolute atomic E-state index is 0.194. The maximum absolute atomic E-state index is 13.4. The van der Waals surface area contributed by atoms with Gasteiger partial charge in [0, 0.05) is 6.42 Å². The summed E-state index contributed by atoms with van der Waals surface area (Å²) in [7, 11) is 0. The van der Waals surface area contributed by atoms with Gasteiger partial charge in [-0.3, -0.25) is 4.79 Å². The predicted molar refractivity (Wildman–Crippen MR) is 96.2 cm³/mol. The first kappa shape index (κ1) is 16.2. The van der Waals surface area contributed by atoms with E-state index in [2.05, 4.69) is 6.07 Å². The van der Waals surface area contributed by atoms with Crippen LogP contribution in [0.2, 0.25) is 0 Å². The third-order valence-electron chi connectivity index (χ3n) is 4.91. The van der Waals surface area contributed by atoms with E-state index in [0.717, 1.165) is 36.0 Å². The molecular formula is C22H21NO. The summed E-state index contributed by atoms with van der Waals surface area (Å²) in [6, 6.07) is 22.2. The van der Waals surface area contributed by atoms with Crippen molar-refractivity contribution in [3.8, 4) is 6.07 Å². The molecule has 0 N–H and O–H groups in total. The first-order chi connectivity index (χ1) is 11.8. The Bertz CT molecular complexity index is 771. The Hall–Kier alpha value is -2.66. The maximum Gasteiger partial charge on any atom is 0.169 e. The van der Waals surface area contributed by atoms with E-state index in [9.17, 15) is 4.79 Å². The molecule has 2 aromatic carbocycles. The van der Waals surface area contributed by atoms with Crippen molar-refractivity contribution in [2.45, 2.75) is 37.5 Å². The van der Waals surface area contributed by atoms with E-state index in [1.807, 2.05) is 66.7 Å². The molecule has 0 heterocycles. The SMILES string of the molecule is N#CCCC1(c2ccccc2)CCCC(=Cc2ccccc2)C1=O. The van der Waals surface area contributed by atoms with Gasteiger partial charge in [-0.1, -0.05) is 60.7 Å². The van der Waals surface area contributed by atoms with Crippen LogP contribution in [-0.2, 0) is 10.2 Å². The van der Waals surface area contributed by atoms with Crippen molar-refractivity contribution in [3.05, 3.63) is 77.4 Å². The second-order valence-corrected chi connectivity index (χ2v) is 6.37. The fraction of sp³-hybridized carbons (Fsp3) is 0.273. The van der Waals surface area contributed by atoms with Crippen molar-refractivity contribution < 1.29 is 4.79 Å². The lowest BCUT2D eigenvalue weighted by atomic mass is 9.64. The molecule has 24 heavy (non-hydrogen) atoms. The molecule has 1 fully saturated rings. The van der Waals surface area contributed by atoms with Gasteiger partial charge in [-0.2, -0.15) is 5.26 Å². The molecule has 1 atom stereocenters. The van der Waals surface area contributed by atoms with E-state index >= 15 is 0 Å². The number of nitriles is 1. The lowest BCUT2D eigenvalue weighted by molar-refractivity contribution is -0.122. The van der Waals surface area contributed by atoms with E-state index in [0.29, 0.717) is 12.8 Å². The van der Waals surface area contributed by atoms with Crippen LogP contribution < -0.4 is 0 Å². The van der Waals surface area contributed by atoms with Gasteiger partial charge in [0.25, 0.3) is 0 Å². The summed E-state index contributed by atoms with van der Waals surface area (Å²) in [4.78, 5) is 13.4. The minimum atomic E-state index is -0.546. The van der Waals surface area contributed by atoms with Gasteiger partial charge in [0.05, 0.1) is 11.5 Å². The van der Waals surface area contributed by atoms with E-state index < -0.39 is 5.41 Å². The first-order valence-corrected chi connectivity index (χ1v) is 8.49. The van der Waals surface area contributed by atoms with Crippen LogP contribution in [0.25, 0.3) is 6.08 Å². The van der Waals surface area contributed by atoms with Gasteiger partial charge in [-0.15, -0.1) is 0 Å². The standard InChI is InChI=1S/C22H21NO/c23-16-8-15-22(20-12-5-2-6-13-20)14-7-11-19(21(22)24)17-18-9-3-1-4-10-18/h1-6,9-10,12-13,17H,7-8,11,14-15H2. The molecule has 2 heteroatoms. The smallest absolute Gasteiger partial charge is 0.169 e. The number of hydrogen-bond donors (Lipinski definition) is 0. The second kappa shape index (κ2) is 7.27. The minimum Gasteiger partial charge on any atom is -0.294 e. The fourth-order valence-electron chi connectivity index (χ4n) is 3.69. The van der Waals surface area contributed by atoms with Gasteiger partial charge in [0.1, 0.15) is 0 Å². The lowest BCUT2D eigenvalue weighted by Gasteiger charge is -2.37. The Labute approximate surface area is 143 Å². The van der Waals surface area contributed by atoms with E-state index in [1.54, 1.807) is 0 Å². The van der Waals surface area contributed by atoms with Gasteiger partial charge in [0.15, 0.2) is 5.78 Å². The molecule has 3 rings (SSSR count). The number of ketones is 1. The highest BCUT2D eigenvalue weighted by Crippen LogP contribution is 2.42. The average Bonchev–Trinajstić information content (AvgIpc) is 2.64. The highest BCUT2D eigenvalue weighted by Gasteiger charge is 2.43. The molecule has 0 aromatic heterocycles. The summed E-state index contributed by atoms with van der Waals surface area (Å²) in [6.45, 7) is 0. The zero-order valence-corrected chi connectivity index (χ0v) is 13.7. The number of allylic oxidation sites excluding steroid dienone is 1. The molecule has 1 unspecified atom stereocenters. The van der Waals surface area contributed by atoms with Crippen LogP contribution in [0.15, 0.2) is 66.2 Å². The van der Waals surface area contributed by atoms with Crippen LogP contribution >= 0.6 is 0 Å². The number of hydrogen-bond acceptors (Lipinski definition) is 2. The summed E-state index contributed by atoms with van der Waals surface area (Å²) in [6.07, 6.45) is 5.63. The van der Waals surface area contributed by atoms with Crippen molar-refractivity contribution in [2.75, 3.05) is 0 Å². The van der Waals surface area contributed by atoms with Crippen molar-refractivity contribution in [2.24, 2.45) is 0 Å². The zero-order chi connectivity index (χ0) is 16.8. The first-order valence-electron chi connectivity index (χ1n) is 8.49. The maximum atomic E-state index is 13.4. The highest BCUT2D eigenvalue weighted by molar-refractivity contribution is 6.07. The van der Waals surface area contributed by atoms with Gasteiger partial charge >= 0.3 is 0 Å². The Balaban J connectivity index is 2.01. The number of carbonyl (C=O) groups is 1. The van der Waals surface area contributed by atoms with Crippen molar-refractivity contribution in [1.29, 1.82) is 5.26 Å². The summed E-state index contributed by atoms with van der Waals surface area (Å²) >= 11 is 0. The second-order valence-electron chi connectivity index (χ2n) is 6.37. The van der Waals surface area contributed by atoms with E-state index in [-0.39, 0.29) is 5.78 Å². The Morgan fingerprint density at radius 3 is 2.38 bits per heavy atom. The van der Waals surface area contributed by atoms with Gasteiger partial charge < -0.3 is 0 Å². The van der Waals surface area contributed by atoms with Crippen LogP contribution in [0.1, 0.15) is 43.2 Å². The van der Waals surface area contributed by atoms with Gasteiger partial charge in [-0.05, 0) is 48.5 Å². The normalized spacial score (nSPS) is 22.3. The van der Waals surface area contributed by atoms with Crippen molar-refractivity contribution >= 4 is 11.9 Å². The van der Waals surface area contributed by atoms with E-state index in [1.165, 1.54) is 0 Å². The van der Waals surface area contributed by atoms with Crippen LogP contribution in [0.3, 0.4) is 0 Å². The molecule has 1 aliphatic rings. The molecule has 0 spiro atoms. The van der Waals surface area contributed by atoms with Crippen molar-refractivity contribution in [1.82, 2.24) is 0 Å². The average molecular weight is 315 g/mol. The number of nitrogens with zero attached hydrogens (tertiary/aromatic N) is 1. The Morgan fingerprint density at radius 2 is 1.71 bits per heavy atom. The number of Topliss-reactive ketones (excluding diaryl/α,β-unsaturated/α-hetero) is 1. The highest BCUT2D eigenvalue weighted by atomic mass is 16.1. The number of benzene rings is 2. The summed E-state index contributed by atoms with van der Waals surface area (Å²) in [5.41, 5.74) is 2.44. The third kappa shape index (κ3) is 3.16. The van der Waals surface area contributed by atoms with Crippen LogP contribution in [0, 0.1) is 11.3 Å². The van der Waals surface area contributed by atoms with E-state index in [4.69, 9.17) is 5.26 Å². The van der Waals surface area contributed by atoms with Crippen molar-refractivity contribution in [3.63, 3.8) is 0 Å². The monoisotopic (exact) mass is 315 g/mol. The number of rotatable bonds is 4. The molecule has 2 nitrogen and oxygen atoms in total. The molecule has 2 aromatic rings. The zero-order valence-electron chi connectivity index (χ0n) is 13.7. The van der Waals surface area contributed by atoms with Gasteiger partial charge in [0.2, 0.25) is 0 Å². The molecule has 0 aliphatic heterocycles. The molecule has 1 aliphatic carbocycles. The Kier molecular flexibility index (Phi) is 4.91. The Morgan fingerprint density at radius 1 is 1.04 bits per heavy atom. The molecule has 1 saturated carbocycles. The van der Waals surface area contributed by atoms with Crippen LogP contribution in [0.4, 0.5) is 0 Å². The molecular weight excluding hydrogens is 294 g/mol. The summed E-state index contributed by atoms with van der Waals surface area (Å²) in [5, 5.41) is 9.07. The molecule has 0 bridgehead atoms. The predicted octanol–water partition coefficient (Wildman–Crippen LogP) is 5.06. The molecule has 120 valence electrons. The topological polar surface area (TPSA) is 40.9 Å². The fourth-order valence-corrected chi connectivity index (χ4v) is 3.69. The van der Waals surface area contributed by atoms with Crippen LogP contribution in [0.5, 0.6) is 0 Å². The molecule has 0 amide bonds. The number of carbonyl (C=O) groups excluding carboxylic acids is 1. The summed E-state index contributed by atoms with van der Waals surface area (Å²) < 4.78 is 0. The molecule has 0 saturated heterocycles. The lowest BCUT2D eigenvalue weighted by Crippen LogP contribution is -2.40.